The number of nitrogens with two attached hydrogens (primary N) is 1. The van der Waals surface area contributed by atoms with Gasteiger partial charge in [-0.05, 0) is 54.1 Å². The summed E-state index contributed by atoms with van der Waals surface area (Å²) < 4.78 is 6.22. The Morgan fingerprint density at radius 3 is 2.18 bits per heavy atom. The maximum absolute atomic E-state index is 6.22. The topological polar surface area (TPSA) is 38.5 Å². The first-order valence-electron chi connectivity index (χ1n) is 6.82. The van der Waals surface area contributed by atoms with Gasteiger partial charge in [-0.3, -0.25) is 4.90 Å². The Hall–Kier alpha value is -0.120. The highest BCUT2D eigenvalue weighted by Gasteiger charge is 2.58. The highest BCUT2D eigenvalue weighted by molar-refractivity contribution is 5.12. The van der Waals surface area contributed by atoms with Gasteiger partial charge in [-0.25, -0.2) is 0 Å². The molecule has 0 amide bonds. The molecule has 0 aromatic heterocycles. The Bertz CT molecular complexity index is 263. The Kier molecular flexibility index (Phi) is 4.28. The molecule has 0 aromatic carbocycles. The second-order valence-corrected chi connectivity index (χ2v) is 6.56. The predicted molar refractivity (Wildman–Crippen MR) is 73.2 cm³/mol. The second kappa shape index (κ2) is 4.87. The van der Waals surface area contributed by atoms with Crippen molar-refractivity contribution in [1.29, 1.82) is 0 Å². The van der Waals surface area contributed by atoms with Crippen molar-refractivity contribution in [3.05, 3.63) is 0 Å². The molecule has 0 aliphatic carbocycles. The summed E-state index contributed by atoms with van der Waals surface area (Å²) in [4.78, 5) is 2.42. The fourth-order valence-corrected chi connectivity index (χ4v) is 3.42. The molecule has 1 unspecified atom stereocenters. The summed E-state index contributed by atoms with van der Waals surface area (Å²) in [6.45, 7) is 12.7. The van der Waals surface area contributed by atoms with Crippen LogP contribution in [0.2, 0.25) is 0 Å². The number of rotatable bonds is 5. The molecule has 1 aliphatic heterocycles. The second-order valence-electron chi connectivity index (χ2n) is 6.56. The SMILES string of the molecule is CCCCN(C)C1(CN)CC(C)(C)OC1(C)C. The Morgan fingerprint density at radius 1 is 1.24 bits per heavy atom. The molecule has 3 nitrogen and oxygen atoms in total. The van der Waals surface area contributed by atoms with Crippen LogP contribution in [0.15, 0.2) is 0 Å². The third kappa shape index (κ3) is 2.67. The van der Waals surface area contributed by atoms with E-state index in [0.717, 1.165) is 13.0 Å². The van der Waals surface area contributed by atoms with Crippen LogP contribution in [-0.2, 0) is 4.74 Å². The molecule has 0 spiro atoms. The lowest BCUT2D eigenvalue weighted by atomic mass is 9.77. The molecule has 0 saturated carbocycles. The van der Waals surface area contributed by atoms with E-state index < -0.39 is 0 Å². The van der Waals surface area contributed by atoms with Crippen molar-refractivity contribution < 1.29 is 4.74 Å². The Morgan fingerprint density at radius 2 is 1.82 bits per heavy atom. The third-order valence-corrected chi connectivity index (χ3v) is 4.29. The Labute approximate surface area is 107 Å². The van der Waals surface area contributed by atoms with Gasteiger partial charge in [0.25, 0.3) is 0 Å². The van der Waals surface area contributed by atoms with E-state index in [0.29, 0.717) is 6.54 Å². The minimum absolute atomic E-state index is 0.0360. The first-order valence-corrected chi connectivity index (χ1v) is 6.82. The standard InChI is InChI=1S/C14H30N2O/c1-7-8-9-16(6)14(11-15)10-12(2,3)17-13(14,4)5/h7-11,15H2,1-6H3. The highest BCUT2D eigenvalue weighted by atomic mass is 16.5. The van der Waals surface area contributed by atoms with E-state index in [1.54, 1.807) is 0 Å². The fourth-order valence-electron chi connectivity index (χ4n) is 3.42. The molecule has 17 heavy (non-hydrogen) atoms. The van der Waals surface area contributed by atoms with Crippen molar-refractivity contribution >= 4 is 0 Å². The lowest BCUT2D eigenvalue weighted by Crippen LogP contribution is -2.62. The van der Waals surface area contributed by atoms with Gasteiger partial charge in [-0.1, -0.05) is 13.3 Å². The summed E-state index contributed by atoms with van der Waals surface area (Å²) >= 11 is 0. The van der Waals surface area contributed by atoms with Gasteiger partial charge in [-0.2, -0.15) is 0 Å². The number of hydrogen-bond donors (Lipinski definition) is 1. The number of likely N-dealkylation sites (N-methyl/N-ethyl adjacent to an activating group) is 1. The van der Waals surface area contributed by atoms with Crippen LogP contribution in [0, 0.1) is 0 Å². The van der Waals surface area contributed by atoms with Crippen molar-refractivity contribution in [3.63, 3.8) is 0 Å². The summed E-state index contributed by atoms with van der Waals surface area (Å²) in [5, 5.41) is 0. The van der Waals surface area contributed by atoms with Crippen molar-refractivity contribution in [1.82, 2.24) is 4.90 Å². The van der Waals surface area contributed by atoms with Gasteiger partial charge in [0.1, 0.15) is 0 Å². The van der Waals surface area contributed by atoms with Gasteiger partial charge in [0, 0.05) is 6.54 Å². The molecule has 1 heterocycles. The third-order valence-electron chi connectivity index (χ3n) is 4.29. The van der Waals surface area contributed by atoms with E-state index in [-0.39, 0.29) is 16.7 Å². The van der Waals surface area contributed by atoms with Gasteiger partial charge < -0.3 is 10.5 Å². The molecule has 3 heteroatoms. The maximum Gasteiger partial charge on any atom is 0.0829 e. The summed E-state index contributed by atoms with van der Waals surface area (Å²) in [6.07, 6.45) is 3.44. The normalized spacial score (nSPS) is 31.1. The molecular weight excluding hydrogens is 212 g/mol. The van der Waals surface area contributed by atoms with Gasteiger partial charge in [0.15, 0.2) is 0 Å². The van der Waals surface area contributed by atoms with E-state index in [1.807, 2.05) is 0 Å². The minimum atomic E-state index is -0.187. The summed E-state index contributed by atoms with van der Waals surface area (Å²) in [7, 11) is 2.19. The fraction of sp³-hybridized carbons (Fsp3) is 1.00. The smallest absolute Gasteiger partial charge is 0.0829 e. The average Bonchev–Trinajstić information content (AvgIpc) is 2.40. The maximum atomic E-state index is 6.22. The molecule has 0 bridgehead atoms. The number of hydrogen-bond acceptors (Lipinski definition) is 3. The summed E-state index contributed by atoms with van der Waals surface area (Å²) in [5.41, 5.74) is 5.81. The van der Waals surface area contributed by atoms with Crippen LogP contribution in [0.4, 0.5) is 0 Å². The van der Waals surface area contributed by atoms with E-state index in [2.05, 4.69) is 46.6 Å². The minimum Gasteiger partial charge on any atom is -0.368 e. The van der Waals surface area contributed by atoms with Crippen LogP contribution >= 0.6 is 0 Å². The molecule has 1 rings (SSSR count). The van der Waals surface area contributed by atoms with Crippen LogP contribution in [0.25, 0.3) is 0 Å². The first kappa shape index (κ1) is 14.9. The molecular formula is C14H30N2O. The van der Waals surface area contributed by atoms with E-state index in [1.165, 1.54) is 12.8 Å². The Balaban J connectivity index is 2.94. The number of unbranched alkanes of at least 4 members (excludes halogenated alkanes) is 1. The van der Waals surface area contributed by atoms with Crippen LogP contribution in [-0.4, -0.2) is 41.8 Å². The zero-order valence-electron chi connectivity index (χ0n) is 12.5. The lowest BCUT2D eigenvalue weighted by molar-refractivity contribution is -0.100. The molecule has 2 N–H and O–H groups in total. The monoisotopic (exact) mass is 242 g/mol. The summed E-state index contributed by atoms with van der Waals surface area (Å²) in [5.74, 6) is 0. The molecule has 1 atom stereocenters. The molecule has 1 saturated heterocycles. The van der Waals surface area contributed by atoms with Gasteiger partial charge >= 0.3 is 0 Å². The van der Waals surface area contributed by atoms with Crippen molar-refractivity contribution in [2.45, 2.75) is 70.6 Å². The highest BCUT2D eigenvalue weighted by Crippen LogP contribution is 2.47. The number of ether oxygens (including phenoxy) is 1. The van der Waals surface area contributed by atoms with Gasteiger partial charge in [0.2, 0.25) is 0 Å². The molecule has 102 valence electrons. The van der Waals surface area contributed by atoms with Crippen LogP contribution < -0.4 is 5.73 Å². The van der Waals surface area contributed by atoms with Crippen molar-refractivity contribution in [2.24, 2.45) is 5.73 Å². The lowest BCUT2D eigenvalue weighted by Gasteiger charge is -2.46. The van der Waals surface area contributed by atoms with Crippen molar-refractivity contribution in [2.75, 3.05) is 20.1 Å². The predicted octanol–water partition coefficient (Wildman–Crippen LogP) is 2.39. The van der Waals surface area contributed by atoms with Crippen LogP contribution in [0.1, 0.15) is 53.9 Å². The zero-order chi connectivity index (χ0) is 13.3. The van der Waals surface area contributed by atoms with Gasteiger partial charge in [-0.15, -0.1) is 0 Å². The van der Waals surface area contributed by atoms with E-state index in [4.69, 9.17) is 10.5 Å². The molecule has 1 fully saturated rings. The average molecular weight is 242 g/mol. The molecule has 0 radical (unpaired) electrons. The quantitative estimate of drug-likeness (QED) is 0.804. The summed E-state index contributed by atoms with van der Waals surface area (Å²) in [6, 6.07) is 0. The largest absolute Gasteiger partial charge is 0.368 e. The van der Waals surface area contributed by atoms with E-state index >= 15 is 0 Å². The van der Waals surface area contributed by atoms with Crippen LogP contribution in [0.3, 0.4) is 0 Å². The molecule has 0 aromatic rings. The van der Waals surface area contributed by atoms with Crippen LogP contribution in [0.5, 0.6) is 0 Å². The molecule has 1 aliphatic rings. The van der Waals surface area contributed by atoms with Crippen molar-refractivity contribution in [3.8, 4) is 0 Å². The van der Waals surface area contributed by atoms with E-state index in [9.17, 15) is 0 Å². The zero-order valence-corrected chi connectivity index (χ0v) is 12.5. The van der Waals surface area contributed by atoms with Gasteiger partial charge in [0.05, 0.1) is 16.7 Å². The number of nitrogens with zero attached hydrogens (tertiary/aromatic N) is 1. The first-order chi connectivity index (χ1) is 7.71.